The van der Waals surface area contributed by atoms with Gasteiger partial charge in [0.25, 0.3) is 5.91 Å². The topological polar surface area (TPSA) is 62.1 Å². The Morgan fingerprint density at radius 2 is 2.00 bits per heavy atom. The molecule has 1 fully saturated rings. The highest BCUT2D eigenvalue weighted by Crippen LogP contribution is 2.25. The zero-order chi connectivity index (χ0) is 13.9. The van der Waals surface area contributed by atoms with E-state index in [-0.39, 0.29) is 11.7 Å². The van der Waals surface area contributed by atoms with Gasteiger partial charge in [-0.1, -0.05) is 17.3 Å². The molecular formula is C15H18N2O3. The summed E-state index contributed by atoms with van der Waals surface area (Å²) in [4.78, 5) is 19.5. The first-order valence-electron chi connectivity index (χ1n) is 7.05. The molecule has 106 valence electrons. The van der Waals surface area contributed by atoms with Crippen LogP contribution in [-0.4, -0.2) is 40.8 Å². The molecule has 5 heteroatoms. The van der Waals surface area contributed by atoms with Crippen molar-refractivity contribution in [3.63, 3.8) is 0 Å². The Bertz CT molecular complexity index is 536. The van der Waals surface area contributed by atoms with Crippen molar-refractivity contribution < 1.29 is 14.7 Å². The third kappa shape index (κ3) is 2.48. The number of piperidine rings is 1. The van der Waals surface area contributed by atoms with Gasteiger partial charge in [0, 0.05) is 25.1 Å². The minimum absolute atomic E-state index is 0.0128. The van der Waals surface area contributed by atoms with E-state index in [1.807, 2.05) is 11.0 Å². The van der Waals surface area contributed by atoms with Crippen molar-refractivity contribution in [1.29, 1.82) is 0 Å². The second kappa shape index (κ2) is 5.53. The number of nitrogens with zero attached hydrogens (tertiary/aromatic N) is 2. The molecular weight excluding hydrogens is 256 g/mol. The van der Waals surface area contributed by atoms with Crippen LogP contribution in [0.5, 0.6) is 5.75 Å². The lowest BCUT2D eigenvalue weighted by atomic mass is 10.0. The Balaban J connectivity index is 1.66. The van der Waals surface area contributed by atoms with Gasteiger partial charge in [-0.3, -0.25) is 4.79 Å². The Kier molecular flexibility index (Phi) is 3.58. The number of likely N-dealkylation sites (tertiary alicyclic amines) is 1. The van der Waals surface area contributed by atoms with Crippen molar-refractivity contribution in [2.24, 2.45) is 5.16 Å². The molecule has 20 heavy (non-hydrogen) atoms. The summed E-state index contributed by atoms with van der Waals surface area (Å²) < 4.78 is 0. The Labute approximate surface area is 117 Å². The number of amides is 1. The van der Waals surface area contributed by atoms with Crippen molar-refractivity contribution in [3.05, 3.63) is 29.8 Å². The molecule has 1 N–H and O–H groups in total. The van der Waals surface area contributed by atoms with Crippen molar-refractivity contribution in [2.45, 2.75) is 31.8 Å². The van der Waals surface area contributed by atoms with Crippen LogP contribution in [0.2, 0.25) is 0 Å². The number of carbonyl (C=O) groups is 1. The maximum absolute atomic E-state index is 12.3. The molecule has 0 aliphatic carbocycles. The molecule has 2 aliphatic heterocycles. The summed E-state index contributed by atoms with van der Waals surface area (Å²) in [5.41, 5.74) is 1.28. The number of para-hydroxylation sites is 1. The van der Waals surface area contributed by atoms with Gasteiger partial charge in [-0.2, -0.15) is 0 Å². The first-order valence-corrected chi connectivity index (χ1v) is 7.05. The van der Waals surface area contributed by atoms with E-state index in [2.05, 4.69) is 5.16 Å². The number of benzene rings is 1. The number of hydrogen-bond donors (Lipinski definition) is 1. The quantitative estimate of drug-likeness (QED) is 0.896. The van der Waals surface area contributed by atoms with Crippen molar-refractivity contribution in [2.75, 3.05) is 13.1 Å². The van der Waals surface area contributed by atoms with Crippen LogP contribution in [0.4, 0.5) is 0 Å². The molecule has 1 atom stereocenters. The Morgan fingerprint density at radius 1 is 1.25 bits per heavy atom. The molecule has 2 aliphatic rings. The first-order chi connectivity index (χ1) is 9.75. The van der Waals surface area contributed by atoms with Crippen LogP contribution >= 0.6 is 0 Å². The Morgan fingerprint density at radius 3 is 2.75 bits per heavy atom. The van der Waals surface area contributed by atoms with E-state index in [0.29, 0.717) is 17.7 Å². The molecule has 0 spiro atoms. The Hall–Kier alpha value is -2.04. The fourth-order valence-corrected chi connectivity index (χ4v) is 2.70. The molecule has 0 bridgehead atoms. The number of carbonyl (C=O) groups excluding carboxylic acids is 1. The van der Waals surface area contributed by atoms with Gasteiger partial charge in [0.1, 0.15) is 5.75 Å². The normalized spacial score (nSPS) is 22.3. The summed E-state index contributed by atoms with van der Waals surface area (Å²) in [6.45, 7) is 1.62. The van der Waals surface area contributed by atoms with E-state index in [4.69, 9.17) is 4.84 Å². The van der Waals surface area contributed by atoms with Crippen LogP contribution in [0.15, 0.2) is 29.4 Å². The summed E-state index contributed by atoms with van der Waals surface area (Å²) in [7, 11) is 0. The fourth-order valence-electron chi connectivity index (χ4n) is 2.70. The standard InChI is InChI=1S/C15H18N2O3/c18-13-7-3-2-6-11(13)12-10-14(20-16-12)15(19)17-8-4-1-5-9-17/h2-3,6-7,14,18H,1,4-5,8-10H2/t14-/m1/s1. The number of phenolic OH excluding ortho intramolecular Hbond substituents is 1. The summed E-state index contributed by atoms with van der Waals surface area (Å²) >= 11 is 0. The van der Waals surface area contributed by atoms with Crippen molar-refractivity contribution in [3.8, 4) is 5.75 Å². The van der Waals surface area contributed by atoms with Crippen LogP contribution in [0.1, 0.15) is 31.2 Å². The predicted molar refractivity (Wildman–Crippen MR) is 74.6 cm³/mol. The van der Waals surface area contributed by atoms with E-state index < -0.39 is 6.10 Å². The summed E-state index contributed by atoms with van der Waals surface area (Å²) in [5.74, 6) is 0.180. The van der Waals surface area contributed by atoms with Crippen molar-refractivity contribution >= 4 is 11.6 Å². The molecule has 0 saturated carbocycles. The van der Waals surface area contributed by atoms with Crippen LogP contribution in [-0.2, 0) is 9.63 Å². The molecule has 1 amide bonds. The molecule has 0 radical (unpaired) electrons. The molecule has 1 saturated heterocycles. The van der Waals surface area contributed by atoms with Gasteiger partial charge in [-0.05, 0) is 31.4 Å². The summed E-state index contributed by atoms with van der Waals surface area (Å²) in [6.07, 6.45) is 3.20. The molecule has 5 nitrogen and oxygen atoms in total. The number of rotatable bonds is 2. The maximum atomic E-state index is 12.3. The lowest BCUT2D eigenvalue weighted by Gasteiger charge is -2.28. The predicted octanol–water partition coefficient (Wildman–Crippen LogP) is 1.90. The van der Waals surface area contributed by atoms with Gasteiger partial charge in [-0.25, -0.2) is 0 Å². The van der Waals surface area contributed by atoms with Gasteiger partial charge < -0.3 is 14.8 Å². The van der Waals surface area contributed by atoms with E-state index in [9.17, 15) is 9.90 Å². The highest BCUT2D eigenvalue weighted by Gasteiger charge is 2.33. The average Bonchev–Trinajstić information content (AvgIpc) is 2.97. The number of aromatic hydroxyl groups is 1. The molecule has 3 rings (SSSR count). The van der Waals surface area contributed by atoms with Gasteiger partial charge in [0.2, 0.25) is 6.10 Å². The molecule has 1 aromatic carbocycles. The van der Waals surface area contributed by atoms with Gasteiger partial charge >= 0.3 is 0 Å². The van der Waals surface area contributed by atoms with Crippen LogP contribution < -0.4 is 0 Å². The SMILES string of the molecule is O=C([C@H]1CC(c2ccccc2O)=NO1)N1CCCCC1. The lowest BCUT2D eigenvalue weighted by Crippen LogP contribution is -2.42. The molecule has 2 heterocycles. The van der Waals surface area contributed by atoms with Gasteiger partial charge in [0.05, 0.1) is 5.71 Å². The van der Waals surface area contributed by atoms with Crippen LogP contribution in [0, 0.1) is 0 Å². The van der Waals surface area contributed by atoms with E-state index in [1.165, 1.54) is 6.42 Å². The first kappa shape index (κ1) is 13.0. The minimum atomic E-state index is -0.539. The van der Waals surface area contributed by atoms with Crippen LogP contribution in [0.25, 0.3) is 0 Å². The second-order valence-electron chi connectivity index (χ2n) is 5.24. The van der Waals surface area contributed by atoms with E-state index in [0.717, 1.165) is 25.9 Å². The summed E-state index contributed by atoms with van der Waals surface area (Å²) in [5, 5.41) is 13.8. The van der Waals surface area contributed by atoms with Gasteiger partial charge in [0.15, 0.2) is 0 Å². The third-order valence-electron chi connectivity index (χ3n) is 3.83. The van der Waals surface area contributed by atoms with Gasteiger partial charge in [-0.15, -0.1) is 0 Å². The molecule has 1 aromatic rings. The van der Waals surface area contributed by atoms with Crippen LogP contribution in [0.3, 0.4) is 0 Å². The zero-order valence-electron chi connectivity index (χ0n) is 11.3. The fraction of sp³-hybridized carbons (Fsp3) is 0.467. The van der Waals surface area contributed by atoms with Crippen molar-refractivity contribution in [1.82, 2.24) is 4.90 Å². The third-order valence-corrected chi connectivity index (χ3v) is 3.83. The second-order valence-corrected chi connectivity index (χ2v) is 5.24. The number of phenols is 1. The smallest absolute Gasteiger partial charge is 0.266 e. The van der Waals surface area contributed by atoms with E-state index in [1.54, 1.807) is 18.2 Å². The largest absolute Gasteiger partial charge is 0.507 e. The lowest BCUT2D eigenvalue weighted by molar-refractivity contribution is -0.143. The molecule has 0 aromatic heterocycles. The maximum Gasteiger partial charge on any atom is 0.266 e. The minimum Gasteiger partial charge on any atom is -0.507 e. The number of oxime groups is 1. The zero-order valence-corrected chi connectivity index (χ0v) is 11.3. The number of hydrogen-bond acceptors (Lipinski definition) is 4. The van der Waals surface area contributed by atoms with E-state index >= 15 is 0 Å². The monoisotopic (exact) mass is 274 g/mol. The summed E-state index contributed by atoms with van der Waals surface area (Å²) in [6, 6.07) is 6.98. The highest BCUT2D eigenvalue weighted by molar-refractivity contribution is 6.05. The highest BCUT2D eigenvalue weighted by atomic mass is 16.6. The average molecular weight is 274 g/mol. The molecule has 0 unspecified atom stereocenters.